The minimum atomic E-state index is -1.22. The van der Waals surface area contributed by atoms with Gasteiger partial charge in [0, 0.05) is 13.1 Å². The molecular formula is C25H37FN6O4. The molecule has 10 nitrogen and oxygen atoms in total. The first-order valence-corrected chi connectivity index (χ1v) is 12.2. The third-order valence-corrected chi connectivity index (χ3v) is 6.08. The molecule has 1 aromatic carbocycles. The number of hydrogen-bond acceptors (Lipinski definition) is 5. The highest BCUT2D eigenvalue weighted by Crippen LogP contribution is 2.21. The summed E-state index contributed by atoms with van der Waals surface area (Å²) in [7, 11) is 0. The van der Waals surface area contributed by atoms with Crippen LogP contribution in [-0.4, -0.2) is 72.3 Å². The van der Waals surface area contributed by atoms with Gasteiger partial charge in [-0.3, -0.25) is 24.2 Å². The fourth-order valence-electron chi connectivity index (χ4n) is 4.18. The molecule has 0 unspecified atom stereocenters. The first kappa shape index (κ1) is 28.7. The monoisotopic (exact) mass is 504 g/mol. The standard InChI is InChI=1S/C25H37FN6O4/c1-16(2)22(31-21(34)14-17-8-4-3-5-9-17)24(36)32-13-7-11-19(32)23(35)30-18(20(33)15-26)10-6-12-29-25(27)28/h3-5,8-9,16,18-19,22H,6-7,10-15H2,1-2H3,(H,30,35)(H,31,34)(H4,27,28,29)/t18-,19-,22-/m0/s1. The van der Waals surface area contributed by atoms with E-state index in [1.54, 1.807) is 0 Å². The number of carbonyl (C=O) groups excluding carboxylic acids is 4. The number of benzene rings is 1. The summed E-state index contributed by atoms with van der Waals surface area (Å²) in [6, 6.07) is 6.54. The average molecular weight is 505 g/mol. The molecule has 1 heterocycles. The van der Waals surface area contributed by atoms with Gasteiger partial charge in [-0.1, -0.05) is 44.2 Å². The van der Waals surface area contributed by atoms with Crippen molar-refractivity contribution >= 4 is 29.5 Å². The molecule has 1 saturated heterocycles. The highest BCUT2D eigenvalue weighted by Gasteiger charge is 2.39. The van der Waals surface area contributed by atoms with Crippen LogP contribution >= 0.6 is 0 Å². The molecule has 0 spiro atoms. The summed E-state index contributed by atoms with van der Waals surface area (Å²) >= 11 is 0. The molecule has 6 N–H and O–H groups in total. The van der Waals surface area contributed by atoms with E-state index in [2.05, 4.69) is 15.6 Å². The Kier molecular flexibility index (Phi) is 11.3. The molecule has 0 radical (unpaired) electrons. The Morgan fingerprint density at radius 1 is 1.14 bits per heavy atom. The van der Waals surface area contributed by atoms with E-state index in [0.29, 0.717) is 25.8 Å². The predicted molar refractivity (Wildman–Crippen MR) is 134 cm³/mol. The number of halogens is 1. The van der Waals surface area contributed by atoms with Crippen molar-refractivity contribution in [3.05, 3.63) is 35.9 Å². The second-order valence-electron chi connectivity index (χ2n) is 9.25. The molecule has 1 fully saturated rings. The average Bonchev–Trinajstić information content (AvgIpc) is 3.34. The summed E-state index contributed by atoms with van der Waals surface area (Å²) in [6.45, 7) is 3.01. The molecule has 3 atom stereocenters. The molecule has 11 heteroatoms. The van der Waals surface area contributed by atoms with E-state index in [1.165, 1.54) is 4.90 Å². The van der Waals surface area contributed by atoms with Crippen LogP contribution in [0.1, 0.15) is 45.1 Å². The summed E-state index contributed by atoms with van der Waals surface area (Å²) < 4.78 is 13.1. The minimum absolute atomic E-state index is 0.0944. The van der Waals surface area contributed by atoms with Crippen molar-refractivity contribution in [1.29, 1.82) is 0 Å². The number of rotatable bonds is 13. The Hall–Kier alpha value is -3.50. The van der Waals surface area contributed by atoms with Crippen molar-refractivity contribution in [2.45, 2.75) is 64.1 Å². The van der Waals surface area contributed by atoms with Gasteiger partial charge in [0.25, 0.3) is 0 Å². The highest BCUT2D eigenvalue weighted by molar-refractivity contribution is 5.95. The number of nitrogens with two attached hydrogens (primary N) is 2. The largest absolute Gasteiger partial charge is 0.370 e. The SMILES string of the molecule is CC(C)[C@H](NC(=O)Cc1ccccc1)C(=O)N1CCC[C@H]1C(=O)N[C@@H](CCCN=C(N)N)C(=O)CF. The number of likely N-dealkylation sites (tertiary alicyclic amines) is 1. The number of Topliss-reactive ketones (excluding diaryl/α,β-unsaturated/α-hetero) is 1. The first-order valence-electron chi connectivity index (χ1n) is 12.2. The lowest BCUT2D eigenvalue weighted by Gasteiger charge is -2.31. The van der Waals surface area contributed by atoms with Crippen LogP contribution in [0.4, 0.5) is 4.39 Å². The summed E-state index contributed by atoms with van der Waals surface area (Å²) in [6.07, 6.45) is 1.67. The minimum Gasteiger partial charge on any atom is -0.370 e. The van der Waals surface area contributed by atoms with Gasteiger partial charge in [-0.2, -0.15) is 0 Å². The zero-order valence-electron chi connectivity index (χ0n) is 20.9. The van der Waals surface area contributed by atoms with E-state index in [4.69, 9.17) is 11.5 Å². The van der Waals surface area contributed by atoms with Crippen LogP contribution in [-0.2, 0) is 25.6 Å². The van der Waals surface area contributed by atoms with Crippen LogP contribution in [0.3, 0.4) is 0 Å². The van der Waals surface area contributed by atoms with Crippen LogP contribution < -0.4 is 22.1 Å². The summed E-state index contributed by atoms with van der Waals surface area (Å²) in [5, 5.41) is 5.42. The quantitative estimate of drug-likeness (QED) is 0.173. The van der Waals surface area contributed by atoms with Crippen LogP contribution in [0.2, 0.25) is 0 Å². The van der Waals surface area contributed by atoms with Gasteiger partial charge in [0.05, 0.1) is 12.5 Å². The van der Waals surface area contributed by atoms with Crippen LogP contribution in [0.25, 0.3) is 0 Å². The van der Waals surface area contributed by atoms with Crippen molar-refractivity contribution in [1.82, 2.24) is 15.5 Å². The van der Waals surface area contributed by atoms with Crippen molar-refractivity contribution in [2.24, 2.45) is 22.4 Å². The Balaban J connectivity index is 2.05. The third-order valence-electron chi connectivity index (χ3n) is 6.08. The molecule has 0 aromatic heterocycles. The zero-order valence-corrected chi connectivity index (χ0v) is 20.9. The molecule has 1 aliphatic heterocycles. The maximum absolute atomic E-state index is 13.4. The van der Waals surface area contributed by atoms with E-state index in [1.807, 2.05) is 44.2 Å². The number of nitrogens with zero attached hydrogens (tertiary/aromatic N) is 2. The normalized spacial score (nSPS) is 16.8. The highest BCUT2D eigenvalue weighted by atomic mass is 19.1. The second kappa shape index (κ2) is 14.2. The van der Waals surface area contributed by atoms with Gasteiger partial charge in [0.2, 0.25) is 17.7 Å². The third kappa shape index (κ3) is 8.62. The topological polar surface area (TPSA) is 160 Å². The van der Waals surface area contributed by atoms with E-state index in [9.17, 15) is 23.6 Å². The fourth-order valence-corrected chi connectivity index (χ4v) is 4.18. The number of aliphatic imine (C=N–C) groups is 1. The van der Waals surface area contributed by atoms with E-state index < -0.39 is 36.5 Å². The lowest BCUT2D eigenvalue weighted by Crippen LogP contribution is -2.56. The van der Waals surface area contributed by atoms with Gasteiger partial charge in [-0.15, -0.1) is 0 Å². The molecule has 1 aromatic rings. The van der Waals surface area contributed by atoms with Crippen molar-refractivity contribution in [3.8, 4) is 0 Å². The van der Waals surface area contributed by atoms with Crippen molar-refractivity contribution in [2.75, 3.05) is 19.8 Å². The number of carbonyl (C=O) groups is 4. The van der Waals surface area contributed by atoms with Gasteiger partial charge in [0.15, 0.2) is 11.7 Å². The second-order valence-corrected chi connectivity index (χ2v) is 9.25. The summed E-state index contributed by atoms with van der Waals surface area (Å²) in [4.78, 5) is 56.4. The van der Waals surface area contributed by atoms with Gasteiger partial charge in [-0.25, -0.2) is 4.39 Å². The van der Waals surface area contributed by atoms with Gasteiger partial charge < -0.3 is 27.0 Å². The number of ketones is 1. The number of amides is 3. The van der Waals surface area contributed by atoms with Crippen molar-refractivity contribution < 1.29 is 23.6 Å². The van der Waals surface area contributed by atoms with Crippen LogP contribution in [0.5, 0.6) is 0 Å². The Morgan fingerprint density at radius 3 is 2.44 bits per heavy atom. The Labute approximate surface area is 211 Å². The lowest BCUT2D eigenvalue weighted by atomic mass is 10.0. The smallest absolute Gasteiger partial charge is 0.246 e. The van der Waals surface area contributed by atoms with E-state index in [-0.39, 0.29) is 43.1 Å². The summed E-state index contributed by atoms with van der Waals surface area (Å²) in [5.74, 6) is -2.22. The fraction of sp³-hybridized carbons (Fsp3) is 0.560. The maximum atomic E-state index is 13.4. The Morgan fingerprint density at radius 2 is 1.83 bits per heavy atom. The first-order chi connectivity index (χ1) is 17.1. The number of hydrogen-bond donors (Lipinski definition) is 4. The summed E-state index contributed by atoms with van der Waals surface area (Å²) in [5.41, 5.74) is 11.4. The van der Waals surface area contributed by atoms with Crippen LogP contribution in [0.15, 0.2) is 35.3 Å². The Bertz CT molecular complexity index is 936. The van der Waals surface area contributed by atoms with Gasteiger partial charge in [0.1, 0.15) is 18.8 Å². The molecule has 0 saturated carbocycles. The van der Waals surface area contributed by atoms with Crippen molar-refractivity contribution in [3.63, 3.8) is 0 Å². The molecule has 0 aliphatic carbocycles. The molecule has 2 rings (SSSR count). The molecule has 1 aliphatic rings. The van der Waals surface area contributed by atoms with Gasteiger partial charge in [-0.05, 0) is 37.2 Å². The molecule has 3 amide bonds. The lowest BCUT2D eigenvalue weighted by molar-refractivity contribution is -0.143. The predicted octanol–water partition coefficient (Wildman–Crippen LogP) is 0.438. The van der Waals surface area contributed by atoms with Gasteiger partial charge >= 0.3 is 0 Å². The van der Waals surface area contributed by atoms with Crippen LogP contribution in [0, 0.1) is 5.92 Å². The van der Waals surface area contributed by atoms with E-state index in [0.717, 1.165) is 5.56 Å². The zero-order chi connectivity index (χ0) is 26.7. The molecule has 198 valence electrons. The number of alkyl halides is 1. The number of nitrogens with one attached hydrogen (secondary N) is 2. The maximum Gasteiger partial charge on any atom is 0.246 e. The molecule has 36 heavy (non-hydrogen) atoms. The van der Waals surface area contributed by atoms with E-state index >= 15 is 0 Å². The molecule has 0 bridgehead atoms. The molecular weight excluding hydrogens is 467 g/mol. The number of guanidine groups is 1.